The fourth-order valence-corrected chi connectivity index (χ4v) is 4.24. The number of rotatable bonds is 10. The van der Waals surface area contributed by atoms with Crippen molar-refractivity contribution in [2.45, 2.75) is 32.0 Å². The summed E-state index contributed by atoms with van der Waals surface area (Å²) in [6, 6.07) is 36.0. The normalized spacial score (nSPS) is 11.5. The molecule has 0 aliphatic heterocycles. The summed E-state index contributed by atoms with van der Waals surface area (Å²) in [6.45, 7) is 0.700. The van der Waals surface area contributed by atoms with Crippen LogP contribution in [0, 0.1) is 0 Å². The monoisotopic (exact) mass is 496 g/mol. The highest BCUT2D eigenvalue weighted by atomic mass is 35.5. The molecule has 0 bridgehead atoms. The number of benzene rings is 4. The lowest BCUT2D eigenvalue weighted by molar-refractivity contribution is -0.140. The third-order valence-electron chi connectivity index (χ3n) is 6.05. The van der Waals surface area contributed by atoms with E-state index in [1.807, 2.05) is 103 Å². The number of carbonyl (C=O) groups excluding carboxylic acids is 2. The zero-order valence-corrected chi connectivity index (χ0v) is 20.8. The molecule has 0 saturated carbocycles. The van der Waals surface area contributed by atoms with Crippen LogP contribution in [0.4, 0.5) is 0 Å². The number of carbonyl (C=O) groups is 2. The molecule has 2 amide bonds. The molecule has 182 valence electrons. The van der Waals surface area contributed by atoms with E-state index in [1.54, 1.807) is 17.0 Å². The van der Waals surface area contributed by atoms with Crippen molar-refractivity contribution in [1.29, 1.82) is 0 Å². The molecule has 0 saturated heterocycles. The Morgan fingerprint density at radius 3 is 1.78 bits per heavy atom. The Labute approximate surface area is 217 Å². The van der Waals surface area contributed by atoms with Gasteiger partial charge in [0.15, 0.2) is 0 Å². The molecule has 0 fully saturated rings. The third kappa shape index (κ3) is 7.30. The van der Waals surface area contributed by atoms with Crippen LogP contribution in [-0.2, 0) is 35.5 Å². The molecule has 0 heterocycles. The summed E-state index contributed by atoms with van der Waals surface area (Å²) in [4.78, 5) is 29.1. The summed E-state index contributed by atoms with van der Waals surface area (Å²) in [7, 11) is 0. The van der Waals surface area contributed by atoms with Crippen LogP contribution in [0.3, 0.4) is 0 Å². The molecule has 0 aromatic heterocycles. The van der Waals surface area contributed by atoms with Gasteiger partial charge in [-0.25, -0.2) is 0 Å². The Morgan fingerprint density at radius 2 is 1.19 bits per heavy atom. The van der Waals surface area contributed by atoms with Crippen molar-refractivity contribution in [2.24, 2.45) is 0 Å². The molecule has 4 rings (SSSR count). The molecule has 4 nitrogen and oxygen atoms in total. The van der Waals surface area contributed by atoms with Gasteiger partial charge in [-0.3, -0.25) is 9.59 Å². The molecule has 0 aliphatic carbocycles. The third-order valence-corrected chi connectivity index (χ3v) is 6.30. The Hall–Kier alpha value is -3.89. The summed E-state index contributed by atoms with van der Waals surface area (Å²) in [5.41, 5.74) is 3.83. The average molecular weight is 497 g/mol. The van der Waals surface area contributed by atoms with Crippen molar-refractivity contribution in [1.82, 2.24) is 10.2 Å². The molecular formula is C31H29ClN2O2. The molecule has 1 unspecified atom stereocenters. The highest BCUT2D eigenvalue weighted by Gasteiger charge is 2.30. The minimum absolute atomic E-state index is 0.0902. The van der Waals surface area contributed by atoms with Gasteiger partial charge in [0.25, 0.3) is 0 Å². The fourth-order valence-electron chi connectivity index (χ4n) is 4.12. The summed E-state index contributed by atoms with van der Waals surface area (Å²) in [6.07, 6.45) is 0.643. The second-order valence-corrected chi connectivity index (χ2v) is 9.16. The number of hydrogen-bond donors (Lipinski definition) is 1. The standard InChI is InChI=1S/C31H29ClN2O2/c32-28-18-16-26(17-19-28)22-33-31(36)29(20-24-10-4-1-5-11-24)34(23-27-14-8-3-9-15-27)30(35)21-25-12-6-2-7-13-25/h1-19,29H,20-23H2,(H,33,36). The van der Waals surface area contributed by atoms with Gasteiger partial charge >= 0.3 is 0 Å². The van der Waals surface area contributed by atoms with Crippen LogP contribution in [0.5, 0.6) is 0 Å². The van der Waals surface area contributed by atoms with Crippen LogP contribution in [0.25, 0.3) is 0 Å². The first-order chi connectivity index (χ1) is 17.6. The zero-order valence-electron chi connectivity index (χ0n) is 20.0. The highest BCUT2D eigenvalue weighted by molar-refractivity contribution is 6.30. The van der Waals surface area contributed by atoms with E-state index in [9.17, 15) is 9.59 Å². The van der Waals surface area contributed by atoms with Crippen LogP contribution in [0.15, 0.2) is 115 Å². The van der Waals surface area contributed by atoms with Crippen molar-refractivity contribution in [2.75, 3.05) is 0 Å². The second kappa shape index (κ2) is 12.7. The summed E-state index contributed by atoms with van der Waals surface area (Å²) < 4.78 is 0. The largest absolute Gasteiger partial charge is 0.350 e. The van der Waals surface area contributed by atoms with E-state index in [2.05, 4.69) is 5.32 Å². The Kier molecular flexibility index (Phi) is 8.90. The molecule has 1 N–H and O–H groups in total. The average Bonchev–Trinajstić information content (AvgIpc) is 2.92. The number of halogens is 1. The van der Waals surface area contributed by atoms with Crippen molar-refractivity contribution in [3.05, 3.63) is 143 Å². The predicted octanol–water partition coefficient (Wildman–Crippen LogP) is 5.84. The number of amides is 2. The summed E-state index contributed by atoms with van der Waals surface area (Å²) in [5.74, 6) is -0.279. The first-order valence-corrected chi connectivity index (χ1v) is 12.4. The lowest BCUT2D eigenvalue weighted by Gasteiger charge is -2.31. The Bertz CT molecular complexity index is 1250. The Balaban J connectivity index is 1.62. The SMILES string of the molecule is O=C(NCc1ccc(Cl)cc1)C(Cc1ccccc1)N(Cc1ccccc1)C(=O)Cc1ccccc1. The number of nitrogens with zero attached hydrogens (tertiary/aromatic N) is 1. The molecular weight excluding hydrogens is 468 g/mol. The first-order valence-electron chi connectivity index (χ1n) is 12.0. The topological polar surface area (TPSA) is 49.4 Å². The van der Waals surface area contributed by atoms with Gasteiger partial charge in [0, 0.05) is 24.5 Å². The number of hydrogen-bond acceptors (Lipinski definition) is 2. The minimum atomic E-state index is -0.670. The fraction of sp³-hybridized carbons (Fsp3) is 0.161. The van der Waals surface area contributed by atoms with Gasteiger partial charge in [-0.2, -0.15) is 0 Å². The molecule has 0 radical (unpaired) electrons. The molecule has 0 spiro atoms. The number of nitrogens with one attached hydrogen (secondary N) is 1. The minimum Gasteiger partial charge on any atom is -0.350 e. The lowest BCUT2D eigenvalue weighted by Crippen LogP contribution is -2.50. The van der Waals surface area contributed by atoms with Crippen LogP contribution in [-0.4, -0.2) is 22.8 Å². The van der Waals surface area contributed by atoms with Crippen molar-refractivity contribution in [3.8, 4) is 0 Å². The lowest BCUT2D eigenvalue weighted by atomic mass is 10.0. The van der Waals surface area contributed by atoms with Gasteiger partial charge in [0.05, 0.1) is 6.42 Å². The first kappa shape index (κ1) is 25.2. The molecule has 1 atom stereocenters. The van der Waals surface area contributed by atoms with Gasteiger partial charge in [-0.1, -0.05) is 115 Å². The maximum atomic E-state index is 13.7. The van der Waals surface area contributed by atoms with E-state index in [4.69, 9.17) is 11.6 Å². The van der Waals surface area contributed by atoms with E-state index in [0.717, 1.165) is 22.3 Å². The van der Waals surface area contributed by atoms with E-state index in [-0.39, 0.29) is 18.2 Å². The smallest absolute Gasteiger partial charge is 0.243 e. The van der Waals surface area contributed by atoms with Gasteiger partial charge < -0.3 is 10.2 Å². The van der Waals surface area contributed by atoms with Crippen molar-refractivity contribution in [3.63, 3.8) is 0 Å². The second-order valence-electron chi connectivity index (χ2n) is 8.72. The van der Waals surface area contributed by atoms with E-state index in [0.29, 0.717) is 24.5 Å². The van der Waals surface area contributed by atoms with Gasteiger partial charge in [-0.05, 0) is 34.4 Å². The van der Waals surface area contributed by atoms with E-state index in [1.165, 1.54) is 0 Å². The maximum Gasteiger partial charge on any atom is 0.243 e. The van der Waals surface area contributed by atoms with E-state index < -0.39 is 6.04 Å². The highest BCUT2D eigenvalue weighted by Crippen LogP contribution is 2.17. The quantitative estimate of drug-likeness (QED) is 0.300. The van der Waals surface area contributed by atoms with Crippen molar-refractivity contribution >= 4 is 23.4 Å². The molecule has 36 heavy (non-hydrogen) atoms. The van der Waals surface area contributed by atoms with Crippen LogP contribution in [0.1, 0.15) is 22.3 Å². The molecule has 5 heteroatoms. The van der Waals surface area contributed by atoms with E-state index >= 15 is 0 Å². The molecule has 4 aromatic rings. The Morgan fingerprint density at radius 1 is 0.667 bits per heavy atom. The maximum absolute atomic E-state index is 13.7. The predicted molar refractivity (Wildman–Crippen MR) is 144 cm³/mol. The summed E-state index contributed by atoms with van der Waals surface area (Å²) >= 11 is 6.00. The van der Waals surface area contributed by atoms with Gasteiger partial charge in [0.2, 0.25) is 11.8 Å². The molecule has 4 aromatic carbocycles. The molecule has 0 aliphatic rings. The zero-order chi connectivity index (χ0) is 25.2. The van der Waals surface area contributed by atoms with Crippen LogP contribution >= 0.6 is 11.6 Å². The van der Waals surface area contributed by atoms with Gasteiger partial charge in [-0.15, -0.1) is 0 Å². The van der Waals surface area contributed by atoms with Gasteiger partial charge in [0.1, 0.15) is 6.04 Å². The van der Waals surface area contributed by atoms with Crippen LogP contribution in [0.2, 0.25) is 5.02 Å². The van der Waals surface area contributed by atoms with Crippen LogP contribution < -0.4 is 5.32 Å². The summed E-state index contributed by atoms with van der Waals surface area (Å²) in [5, 5.41) is 3.69. The van der Waals surface area contributed by atoms with Crippen molar-refractivity contribution < 1.29 is 9.59 Å².